The number of fused-ring (bicyclic) bond motifs is 13. The van der Waals surface area contributed by atoms with Crippen LogP contribution < -0.4 is 15.8 Å². The first kappa shape index (κ1) is 25.3. The van der Waals surface area contributed by atoms with E-state index in [2.05, 4.69) is 161 Å². The van der Waals surface area contributed by atoms with Crippen LogP contribution in [-0.4, -0.2) is 11.3 Å². The molecule has 0 spiro atoms. The van der Waals surface area contributed by atoms with Crippen LogP contribution in [0.4, 0.5) is 17.1 Å². The van der Waals surface area contributed by atoms with Crippen molar-refractivity contribution in [1.29, 1.82) is 0 Å². The van der Waals surface area contributed by atoms with E-state index in [4.69, 9.17) is 0 Å². The zero-order chi connectivity index (χ0) is 31.1. The standard InChI is InChI=1S/C44H25BN2S/c1-2-11-27-22-30(21-20-26(27)10-1)46-39-24-29-13-4-3-12-28(29)23-37(39)45-41-35(25-36-32-15-6-8-19-40(32)48-44(36)43(41)46)34-17-9-16-33-31-14-5-7-18-38(31)47(45)42(33)34/h1-25H. The highest BCUT2D eigenvalue weighted by Gasteiger charge is 2.44. The molecule has 0 unspecified atom stereocenters. The second-order valence-corrected chi connectivity index (χ2v) is 14.3. The van der Waals surface area contributed by atoms with Crippen molar-refractivity contribution >= 4 is 110 Å². The highest BCUT2D eigenvalue weighted by molar-refractivity contribution is 7.26. The van der Waals surface area contributed by atoms with E-state index in [-0.39, 0.29) is 6.85 Å². The van der Waals surface area contributed by atoms with Crippen LogP contribution in [0.5, 0.6) is 0 Å². The molecule has 0 saturated carbocycles. The zero-order valence-electron chi connectivity index (χ0n) is 25.8. The molecule has 0 saturated heterocycles. The summed E-state index contributed by atoms with van der Waals surface area (Å²) in [4.78, 5) is 2.60. The van der Waals surface area contributed by atoms with Crippen molar-refractivity contribution in [3.05, 3.63) is 152 Å². The van der Waals surface area contributed by atoms with Gasteiger partial charge in [0, 0.05) is 54.2 Å². The van der Waals surface area contributed by atoms with Crippen LogP contribution in [0.15, 0.2) is 152 Å². The fourth-order valence-corrected chi connectivity index (χ4v) is 10.1. The molecule has 0 fully saturated rings. The van der Waals surface area contributed by atoms with E-state index in [1.54, 1.807) is 0 Å². The van der Waals surface area contributed by atoms with E-state index in [0.29, 0.717) is 0 Å². The van der Waals surface area contributed by atoms with Gasteiger partial charge in [0.2, 0.25) is 0 Å². The molecule has 48 heavy (non-hydrogen) atoms. The summed E-state index contributed by atoms with van der Waals surface area (Å²) in [5.41, 5.74) is 11.8. The van der Waals surface area contributed by atoms with Gasteiger partial charge in [0.1, 0.15) is 0 Å². The zero-order valence-corrected chi connectivity index (χ0v) is 26.6. The Morgan fingerprint density at radius 1 is 0.500 bits per heavy atom. The topological polar surface area (TPSA) is 8.17 Å². The number of hydrogen-bond acceptors (Lipinski definition) is 2. The van der Waals surface area contributed by atoms with Crippen molar-refractivity contribution < 1.29 is 0 Å². The van der Waals surface area contributed by atoms with Crippen molar-refractivity contribution in [3.8, 4) is 11.1 Å². The molecule has 8 aromatic carbocycles. The van der Waals surface area contributed by atoms with Gasteiger partial charge in [-0.3, -0.25) is 0 Å². The average Bonchev–Trinajstić information content (AvgIpc) is 3.69. The lowest BCUT2D eigenvalue weighted by molar-refractivity contribution is 1.27. The van der Waals surface area contributed by atoms with Gasteiger partial charge in [-0.05, 0) is 74.4 Å². The Balaban J connectivity index is 1.33. The lowest BCUT2D eigenvalue weighted by Gasteiger charge is -2.41. The molecule has 220 valence electrons. The Morgan fingerprint density at radius 3 is 2.08 bits per heavy atom. The maximum absolute atomic E-state index is 2.66. The van der Waals surface area contributed by atoms with Crippen molar-refractivity contribution in [2.45, 2.75) is 0 Å². The number of rotatable bonds is 1. The predicted molar refractivity (Wildman–Crippen MR) is 208 cm³/mol. The highest BCUT2D eigenvalue weighted by atomic mass is 32.1. The average molecular weight is 625 g/mol. The van der Waals surface area contributed by atoms with Crippen LogP contribution in [0.3, 0.4) is 0 Å². The number of para-hydroxylation sites is 2. The summed E-state index contributed by atoms with van der Waals surface area (Å²) in [6, 6.07) is 56.8. The third kappa shape index (κ3) is 3.09. The second-order valence-electron chi connectivity index (χ2n) is 13.3. The number of nitrogens with zero attached hydrogens (tertiary/aromatic N) is 2. The van der Waals surface area contributed by atoms with Gasteiger partial charge < -0.3 is 9.38 Å². The molecule has 0 atom stereocenters. The normalized spacial score (nSPS) is 13.3. The highest BCUT2D eigenvalue weighted by Crippen LogP contribution is 2.51. The van der Waals surface area contributed by atoms with E-state index < -0.39 is 0 Å². The summed E-state index contributed by atoms with van der Waals surface area (Å²) >= 11 is 1.93. The smallest absolute Gasteiger partial charge is 0.333 e. The third-order valence-electron chi connectivity index (χ3n) is 10.9. The molecule has 2 aromatic heterocycles. The van der Waals surface area contributed by atoms with E-state index in [9.17, 15) is 0 Å². The summed E-state index contributed by atoms with van der Waals surface area (Å²) < 4.78 is 5.34. The summed E-state index contributed by atoms with van der Waals surface area (Å²) in [7, 11) is 0. The Bertz CT molecular complexity index is 3040. The van der Waals surface area contributed by atoms with Crippen molar-refractivity contribution in [2.24, 2.45) is 0 Å². The lowest BCUT2D eigenvalue weighted by Crippen LogP contribution is -2.56. The van der Waals surface area contributed by atoms with Gasteiger partial charge in [-0.1, -0.05) is 115 Å². The van der Waals surface area contributed by atoms with Crippen LogP contribution in [0, 0.1) is 0 Å². The quantitative estimate of drug-likeness (QED) is 0.165. The summed E-state index contributed by atoms with van der Waals surface area (Å²) in [6.45, 7) is 0.0261. The van der Waals surface area contributed by atoms with Gasteiger partial charge >= 0.3 is 6.85 Å². The maximum Gasteiger partial charge on any atom is 0.333 e. The van der Waals surface area contributed by atoms with Crippen LogP contribution in [-0.2, 0) is 0 Å². The molecule has 2 aliphatic heterocycles. The minimum absolute atomic E-state index is 0.0261. The molecular formula is C44H25BN2S. The van der Waals surface area contributed by atoms with Gasteiger partial charge in [-0.15, -0.1) is 11.3 Å². The summed E-state index contributed by atoms with van der Waals surface area (Å²) in [5.74, 6) is 0. The largest absolute Gasteiger partial charge is 0.375 e. The molecule has 2 nitrogen and oxygen atoms in total. The Kier molecular flexibility index (Phi) is 4.71. The lowest BCUT2D eigenvalue weighted by atomic mass is 9.45. The molecule has 0 radical (unpaired) electrons. The molecule has 10 aromatic rings. The minimum atomic E-state index is 0.0261. The number of anilines is 3. The summed E-state index contributed by atoms with van der Waals surface area (Å²) in [5, 5.41) is 10.3. The van der Waals surface area contributed by atoms with Gasteiger partial charge in [-0.25, -0.2) is 0 Å². The number of aromatic nitrogens is 1. The number of thiophene rings is 1. The molecule has 4 heteroatoms. The monoisotopic (exact) mass is 624 g/mol. The van der Waals surface area contributed by atoms with Crippen LogP contribution in [0.1, 0.15) is 0 Å². The van der Waals surface area contributed by atoms with E-state index >= 15 is 0 Å². The number of hydrogen-bond donors (Lipinski definition) is 0. The van der Waals surface area contributed by atoms with Crippen LogP contribution >= 0.6 is 11.3 Å². The number of benzene rings is 8. The van der Waals surface area contributed by atoms with Gasteiger partial charge in [0.05, 0.1) is 10.4 Å². The third-order valence-corrected chi connectivity index (χ3v) is 12.1. The maximum atomic E-state index is 2.66. The van der Waals surface area contributed by atoms with Crippen LogP contribution in [0.25, 0.3) is 74.6 Å². The Labute approximate surface area is 280 Å². The fraction of sp³-hybridized carbons (Fsp3) is 0. The van der Waals surface area contributed by atoms with E-state index in [1.807, 2.05) is 11.3 Å². The summed E-state index contributed by atoms with van der Waals surface area (Å²) in [6.07, 6.45) is 0. The molecule has 4 heterocycles. The van der Waals surface area contributed by atoms with Crippen molar-refractivity contribution in [3.63, 3.8) is 0 Å². The molecule has 2 aliphatic rings. The molecule has 12 rings (SSSR count). The first-order valence-corrected chi connectivity index (χ1v) is 17.5. The predicted octanol–water partition coefficient (Wildman–Crippen LogP) is 10.9. The molecule has 0 bridgehead atoms. The first-order valence-electron chi connectivity index (χ1n) is 16.6. The molecular weight excluding hydrogens is 599 g/mol. The fourth-order valence-electron chi connectivity index (χ4n) is 8.90. The molecule has 0 aliphatic carbocycles. The minimum Gasteiger partial charge on any atom is -0.375 e. The Hall–Kier alpha value is -5.84. The van der Waals surface area contributed by atoms with E-state index in [0.717, 1.165) is 0 Å². The van der Waals surface area contributed by atoms with Gasteiger partial charge in [-0.2, -0.15) is 0 Å². The first-order chi connectivity index (χ1) is 23.8. The van der Waals surface area contributed by atoms with Crippen molar-refractivity contribution in [2.75, 3.05) is 4.90 Å². The Morgan fingerprint density at radius 2 is 1.21 bits per heavy atom. The molecule has 0 amide bonds. The second kappa shape index (κ2) is 8.94. The SMILES string of the molecule is c1ccc2cc(N3c4cc5ccccc5cc4B4c5c(cc6c(sc7ccccc76)c53)-c3cccc5c6ccccc6n4c35)ccc2c1. The van der Waals surface area contributed by atoms with Gasteiger partial charge in [0.25, 0.3) is 0 Å². The van der Waals surface area contributed by atoms with Crippen LogP contribution in [0.2, 0.25) is 0 Å². The van der Waals surface area contributed by atoms with Gasteiger partial charge in [0.15, 0.2) is 0 Å². The molecule has 0 N–H and O–H groups in total. The van der Waals surface area contributed by atoms with E-state index in [1.165, 1.54) is 103 Å². The van der Waals surface area contributed by atoms with Crippen molar-refractivity contribution in [1.82, 2.24) is 4.48 Å².